The number of methoxy groups -OCH3 is 2. The van der Waals surface area contributed by atoms with E-state index in [0.29, 0.717) is 34.8 Å². The van der Waals surface area contributed by atoms with Gasteiger partial charge in [0.1, 0.15) is 0 Å². The van der Waals surface area contributed by atoms with Gasteiger partial charge in [0.15, 0.2) is 16.7 Å². The van der Waals surface area contributed by atoms with Gasteiger partial charge in [-0.2, -0.15) is 0 Å². The van der Waals surface area contributed by atoms with Crippen LogP contribution >= 0.6 is 23.4 Å². The van der Waals surface area contributed by atoms with Crippen LogP contribution in [0.3, 0.4) is 0 Å². The molecule has 25 heavy (non-hydrogen) atoms. The fraction of sp³-hybridized carbons (Fsp3) is 0.412. The van der Waals surface area contributed by atoms with Crippen LogP contribution in [0.4, 0.5) is 0 Å². The second-order valence-corrected chi connectivity index (χ2v) is 6.98. The van der Waals surface area contributed by atoms with E-state index in [1.807, 2.05) is 18.4 Å². The molecule has 0 saturated heterocycles. The number of benzene rings is 1. The van der Waals surface area contributed by atoms with Gasteiger partial charge in [-0.1, -0.05) is 23.4 Å². The van der Waals surface area contributed by atoms with Crippen molar-refractivity contribution in [2.24, 2.45) is 0 Å². The molecular weight excluding hydrogens is 362 g/mol. The highest BCUT2D eigenvalue weighted by Gasteiger charge is 2.22. The summed E-state index contributed by atoms with van der Waals surface area (Å²) in [4.78, 5) is 21.8. The van der Waals surface area contributed by atoms with Crippen molar-refractivity contribution in [1.82, 2.24) is 14.9 Å². The molecule has 1 aromatic heterocycles. The number of hydrogen-bond donors (Lipinski definition) is 1. The van der Waals surface area contributed by atoms with Crippen molar-refractivity contribution in [2.45, 2.75) is 24.7 Å². The van der Waals surface area contributed by atoms with Crippen LogP contribution in [0, 0.1) is 0 Å². The summed E-state index contributed by atoms with van der Waals surface area (Å²) in [6, 6.07) is 3.79. The molecule has 0 bridgehead atoms. The van der Waals surface area contributed by atoms with E-state index in [0.717, 1.165) is 29.8 Å². The maximum atomic E-state index is 12.3. The summed E-state index contributed by atoms with van der Waals surface area (Å²) in [6.45, 7) is 2.07. The van der Waals surface area contributed by atoms with E-state index in [1.54, 1.807) is 14.2 Å². The zero-order valence-electron chi connectivity index (χ0n) is 14.4. The van der Waals surface area contributed by atoms with E-state index >= 15 is 0 Å². The van der Waals surface area contributed by atoms with Crippen molar-refractivity contribution >= 4 is 23.4 Å². The molecule has 0 radical (unpaired) electrons. The normalized spacial score (nSPS) is 14.2. The van der Waals surface area contributed by atoms with Gasteiger partial charge < -0.3 is 14.5 Å². The highest BCUT2D eigenvalue weighted by Crippen LogP contribution is 2.36. The van der Waals surface area contributed by atoms with E-state index in [2.05, 4.69) is 14.9 Å². The smallest absolute Gasteiger partial charge is 0.256 e. The van der Waals surface area contributed by atoms with Crippen LogP contribution in [0.2, 0.25) is 5.02 Å². The van der Waals surface area contributed by atoms with Gasteiger partial charge in [0.25, 0.3) is 5.56 Å². The molecule has 0 amide bonds. The van der Waals surface area contributed by atoms with Gasteiger partial charge in [0, 0.05) is 26.1 Å². The number of thioether (sulfide) groups is 1. The number of fused-ring (bicyclic) bond motifs is 1. The average molecular weight is 382 g/mol. The number of nitrogens with one attached hydrogen (secondary N) is 1. The number of nitrogens with zero attached hydrogens (tertiary/aromatic N) is 2. The molecule has 0 unspecified atom stereocenters. The van der Waals surface area contributed by atoms with Gasteiger partial charge in [-0.25, -0.2) is 4.98 Å². The van der Waals surface area contributed by atoms with Crippen molar-refractivity contribution in [3.8, 4) is 11.5 Å². The standard InChI is InChI=1S/C17H20ClN3O3S/c1-23-14-7-10(6-12(18)15(14)24-2)8-21-5-4-13-11(9-21)16(22)20-17(19-13)25-3/h6-7H,4-5,8-9H2,1-3H3,(H,19,20,22). The minimum Gasteiger partial charge on any atom is -0.493 e. The summed E-state index contributed by atoms with van der Waals surface area (Å²) in [5.74, 6) is 1.13. The Morgan fingerprint density at radius 2 is 2.16 bits per heavy atom. The van der Waals surface area contributed by atoms with Crippen molar-refractivity contribution in [1.29, 1.82) is 0 Å². The van der Waals surface area contributed by atoms with Gasteiger partial charge in [-0.3, -0.25) is 9.69 Å². The topological polar surface area (TPSA) is 67.5 Å². The molecular formula is C17H20ClN3O3S. The first kappa shape index (κ1) is 18.1. The van der Waals surface area contributed by atoms with Crippen LogP contribution in [-0.4, -0.2) is 41.9 Å². The van der Waals surface area contributed by atoms with Crippen LogP contribution in [0.5, 0.6) is 11.5 Å². The summed E-state index contributed by atoms with van der Waals surface area (Å²) >= 11 is 7.73. The number of aromatic amines is 1. The van der Waals surface area contributed by atoms with Crippen LogP contribution < -0.4 is 15.0 Å². The number of rotatable bonds is 5. The summed E-state index contributed by atoms with van der Waals surface area (Å²) in [7, 11) is 3.15. The molecule has 1 N–H and O–H groups in total. The first-order chi connectivity index (χ1) is 12.0. The second-order valence-electron chi connectivity index (χ2n) is 5.77. The maximum absolute atomic E-state index is 12.3. The van der Waals surface area contributed by atoms with E-state index < -0.39 is 0 Å². The molecule has 6 nitrogen and oxygen atoms in total. The largest absolute Gasteiger partial charge is 0.493 e. The highest BCUT2D eigenvalue weighted by atomic mass is 35.5. The minimum absolute atomic E-state index is 0.0515. The molecule has 2 heterocycles. The van der Waals surface area contributed by atoms with E-state index in [-0.39, 0.29) is 5.56 Å². The van der Waals surface area contributed by atoms with Gasteiger partial charge >= 0.3 is 0 Å². The molecule has 0 fully saturated rings. The van der Waals surface area contributed by atoms with Gasteiger partial charge in [0.2, 0.25) is 0 Å². The third-order valence-electron chi connectivity index (χ3n) is 4.22. The minimum atomic E-state index is -0.0515. The molecule has 1 aliphatic heterocycles. The third kappa shape index (κ3) is 3.78. The Hall–Kier alpha value is -1.70. The van der Waals surface area contributed by atoms with Gasteiger partial charge in [-0.15, -0.1) is 0 Å². The Balaban J connectivity index is 1.82. The van der Waals surface area contributed by atoms with E-state index in [1.165, 1.54) is 11.8 Å². The summed E-state index contributed by atoms with van der Waals surface area (Å²) in [5, 5.41) is 1.18. The Kier molecular flexibility index (Phi) is 5.56. The van der Waals surface area contributed by atoms with Gasteiger partial charge in [0.05, 0.1) is 30.5 Å². The molecule has 1 aromatic carbocycles. The number of halogens is 1. The monoisotopic (exact) mass is 381 g/mol. The Labute approximate surface area is 155 Å². The van der Waals surface area contributed by atoms with Crippen molar-refractivity contribution < 1.29 is 9.47 Å². The molecule has 134 valence electrons. The highest BCUT2D eigenvalue weighted by molar-refractivity contribution is 7.98. The predicted molar refractivity (Wildman–Crippen MR) is 99.0 cm³/mol. The maximum Gasteiger partial charge on any atom is 0.256 e. The Bertz CT molecular complexity index is 841. The molecule has 2 aromatic rings. The Morgan fingerprint density at radius 1 is 1.36 bits per heavy atom. The first-order valence-corrected chi connectivity index (χ1v) is 9.44. The van der Waals surface area contributed by atoms with Crippen LogP contribution in [-0.2, 0) is 19.5 Å². The molecule has 8 heteroatoms. The van der Waals surface area contributed by atoms with Crippen molar-refractivity contribution in [3.05, 3.63) is 44.3 Å². The lowest BCUT2D eigenvalue weighted by Gasteiger charge is -2.28. The fourth-order valence-corrected chi connectivity index (χ4v) is 3.72. The average Bonchev–Trinajstić information content (AvgIpc) is 2.61. The molecule has 0 aliphatic carbocycles. The number of ether oxygens (including phenoxy) is 2. The third-order valence-corrected chi connectivity index (χ3v) is 5.08. The Morgan fingerprint density at radius 3 is 2.84 bits per heavy atom. The van der Waals surface area contributed by atoms with Crippen LogP contribution in [0.15, 0.2) is 22.1 Å². The molecule has 3 rings (SSSR count). The molecule has 0 atom stereocenters. The van der Waals surface area contributed by atoms with E-state index in [9.17, 15) is 4.79 Å². The summed E-state index contributed by atoms with van der Waals surface area (Å²) in [6.07, 6.45) is 2.66. The molecule has 0 saturated carbocycles. The fourth-order valence-electron chi connectivity index (χ4n) is 3.01. The predicted octanol–water partition coefficient (Wildman–Crippen LogP) is 2.72. The lowest BCUT2D eigenvalue weighted by molar-refractivity contribution is 0.240. The lowest BCUT2D eigenvalue weighted by Crippen LogP contribution is -2.35. The van der Waals surface area contributed by atoms with Crippen LogP contribution in [0.1, 0.15) is 16.8 Å². The molecule has 0 spiro atoms. The molecule has 1 aliphatic rings. The number of H-pyrrole nitrogens is 1. The SMILES string of the molecule is COc1cc(CN2CCc3nc(SC)[nH]c(=O)c3C2)cc(Cl)c1OC. The van der Waals surface area contributed by atoms with Crippen molar-refractivity contribution in [2.75, 3.05) is 27.0 Å². The quantitative estimate of drug-likeness (QED) is 0.634. The lowest BCUT2D eigenvalue weighted by atomic mass is 10.1. The zero-order chi connectivity index (χ0) is 18.0. The summed E-state index contributed by atoms with van der Waals surface area (Å²) < 4.78 is 10.6. The summed E-state index contributed by atoms with van der Waals surface area (Å²) in [5.41, 5.74) is 2.60. The van der Waals surface area contributed by atoms with E-state index in [4.69, 9.17) is 21.1 Å². The van der Waals surface area contributed by atoms with Gasteiger partial charge in [-0.05, 0) is 24.0 Å². The number of aromatic nitrogens is 2. The second kappa shape index (κ2) is 7.68. The first-order valence-electron chi connectivity index (χ1n) is 7.84. The van der Waals surface area contributed by atoms with Crippen molar-refractivity contribution in [3.63, 3.8) is 0 Å². The number of hydrogen-bond acceptors (Lipinski definition) is 6. The zero-order valence-corrected chi connectivity index (χ0v) is 16.0. The van der Waals surface area contributed by atoms with Crippen LogP contribution in [0.25, 0.3) is 0 Å².